The van der Waals surface area contributed by atoms with Gasteiger partial charge in [0.2, 0.25) is 5.88 Å². The lowest BCUT2D eigenvalue weighted by Gasteiger charge is -2.04. The van der Waals surface area contributed by atoms with Crippen molar-refractivity contribution < 1.29 is 19.5 Å². The Morgan fingerprint density at radius 2 is 2.00 bits per heavy atom. The Hall–Kier alpha value is -2.50. The Labute approximate surface area is 103 Å². The Balaban J connectivity index is 2.22. The molecular weight excluding hydrogens is 236 g/mol. The summed E-state index contributed by atoms with van der Waals surface area (Å²) in [6.45, 7) is 3.54. The maximum absolute atomic E-state index is 11.8. The molecule has 0 bridgehead atoms. The number of carbonyl (C=O) groups excluding carboxylic acids is 1. The van der Waals surface area contributed by atoms with Crippen LogP contribution in [-0.2, 0) is 0 Å². The van der Waals surface area contributed by atoms with E-state index in [1.54, 1.807) is 13.8 Å². The first kappa shape index (κ1) is 12.0. The highest BCUT2D eigenvalue weighted by molar-refractivity contribution is 6.04. The van der Waals surface area contributed by atoms with Crippen molar-refractivity contribution in [2.45, 2.75) is 13.8 Å². The normalized spacial score (nSPS) is 10.3. The summed E-state index contributed by atoms with van der Waals surface area (Å²) >= 11 is 0. The predicted octanol–water partition coefficient (Wildman–Crippen LogP) is 1.95. The van der Waals surface area contributed by atoms with Gasteiger partial charge in [-0.05, 0) is 32.0 Å². The van der Waals surface area contributed by atoms with Crippen LogP contribution in [0.5, 0.6) is 11.5 Å². The number of aromatic hydroxyl groups is 2. The fourth-order valence-electron chi connectivity index (χ4n) is 1.37. The first-order valence-electron chi connectivity index (χ1n) is 5.25. The standard InChI is InChI=1S/C12H12N2O4/c1-6-7(2)14-18-12(6)13-11(17)8-3-4-9(15)10(16)5-8/h3-5,15-16H,1-2H3,(H,13,17). The summed E-state index contributed by atoms with van der Waals surface area (Å²) in [5.74, 6) is -0.819. The minimum absolute atomic E-state index is 0.207. The fraction of sp³-hybridized carbons (Fsp3) is 0.167. The Morgan fingerprint density at radius 1 is 1.28 bits per heavy atom. The zero-order valence-corrected chi connectivity index (χ0v) is 9.89. The quantitative estimate of drug-likeness (QED) is 0.706. The van der Waals surface area contributed by atoms with E-state index in [0.717, 1.165) is 5.56 Å². The highest BCUT2D eigenvalue weighted by Gasteiger charge is 2.14. The van der Waals surface area contributed by atoms with E-state index in [-0.39, 0.29) is 22.9 Å². The van der Waals surface area contributed by atoms with Crippen molar-refractivity contribution in [3.05, 3.63) is 35.0 Å². The van der Waals surface area contributed by atoms with Crippen molar-refractivity contribution in [2.24, 2.45) is 0 Å². The summed E-state index contributed by atoms with van der Waals surface area (Å²) < 4.78 is 4.95. The van der Waals surface area contributed by atoms with Crippen LogP contribution in [0.3, 0.4) is 0 Å². The first-order valence-corrected chi connectivity index (χ1v) is 5.25. The summed E-state index contributed by atoms with van der Waals surface area (Å²) in [5, 5.41) is 24.7. The van der Waals surface area contributed by atoms with Crippen molar-refractivity contribution in [2.75, 3.05) is 5.32 Å². The minimum atomic E-state index is -0.454. The number of phenolic OH excluding ortho intramolecular Hbond substituents is 2. The Morgan fingerprint density at radius 3 is 2.56 bits per heavy atom. The molecule has 2 rings (SSSR count). The van der Waals surface area contributed by atoms with Gasteiger partial charge in [-0.15, -0.1) is 0 Å². The summed E-state index contributed by atoms with van der Waals surface area (Å²) in [5.41, 5.74) is 1.64. The van der Waals surface area contributed by atoms with E-state index in [4.69, 9.17) is 9.63 Å². The molecule has 0 atom stereocenters. The molecule has 6 heteroatoms. The lowest BCUT2D eigenvalue weighted by Crippen LogP contribution is -2.11. The summed E-state index contributed by atoms with van der Waals surface area (Å²) in [6.07, 6.45) is 0. The molecule has 94 valence electrons. The SMILES string of the molecule is Cc1noc(NC(=O)c2ccc(O)c(O)c2)c1C. The summed E-state index contributed by atoms with van der Waals surface area (Å²) in [7, 11) is 0. The predicted molar refractivity (Wildman–Crippen MR) is 63.7 cm³/mol. The third kappa shape index (κ3) is 2.13. The van der Waals surface area contributed by atoms with Gasteiger partial charge in [-0.1, -0.05) is 5.16 Å². The number of benzene rings is 1. The number of anilines is 1. The molecule has 0 fully saturated rings. The molecule has 1 amide bonds. The van der Waals surface area contributed by atoms with Gasteiger partial charge >= 0.3 is 0 Å². The number of amides is 1. The molecule has 6 nitrogen and oxygen atoms in total. The van der Waals surface area contributed by atoms with Gasteiger partial charge in [-0.25, -0.2) is 0 Å². The number of carbonyl (C=O) groups is 1. The molecule has 0 radical (unpaired) electrons. The average Bonchev–Trinajstić information content (AvgIpc) is 2.64. The number of rotatable bonds is 2. The van der Waals surface area contributed by atoms with Crippen LogP contribution < -0.4 is 5.32 Å². The van der Waals surface area contributed by atoms with Crippen molar-refractivity contribution in [1.82, 2.24) is 5.16 Å². The van der Waals surface area contributed by atoms with Crippen LogP contribution in [0, 0.1) is 13.8 Å². The lowest BCUT2D eigenvalue weighted by atomic mass is 10.2. The Kier molecular flexibility index (Phi) is 2.93. The smallest absolute Gasteiger partial charge is 0.258 e. The summed E-state index contributed by atoms with van der Waals surface area (Å²) in [6, 6.07) is 3.80. The van der Waals surface area contributed by atoms with Gasteiger partial charge in [0.05, 0.1) is 5.69 Å². The lowest BCUT2D eigenvalue weighted by molar-refractivity contribution is 0.102. The van der Waals surface area contributed by atoms with Crippen molar-refractivity contribution in [3.63, 3.8) is 0 Å². The molecule has 0 saturated carbocycles. The molecule has 0 aliphatic heterocycles. The molecule has 0 spiro atoms. The van der Waals surface area contributed by atoms with Gasteiger partial charge in [-0.2, -0.15) is 0 Å². The van der Waals surface area contributed by atoms with Crippen LogP contribution in [0.4, 0.5) is 5.88 Å². The number of aryl methyl sites for hydroxylation is 1. The van der Waals surface area contributed by atoms with E-state index >= 15 is 0 Å². The molecule has 0 aliphatic rings. The van der Waals surface area contributed by atoms with Crippen LogP contribution in [-0.4, -0.2) is 21.3 Å². The van der Waals surface area contributed by atoms with Gasteiger partial charge in [0.25, 0.3) is 5.91 Å². The second kappa shape index (κ2) is 4.40. The van der Waals surface area contributed by atoms with Gasteiger partial charge in [0.15, 0.2) is 11.5 Å². The maximum atomic E-state index is 11.8. The molecule has 18 heavy (non-hydrogen) atoms. The maximum Gasteiger partial charge on any atom is 0.258 e. The van der Waals surface area contributed by atoms with Gasteiger partial charge in [0, 0.05) is 11.1 Å². The molecule has 1 aromatic heterocycles. The molecular formula is C12H12N2O4. The molecule has 0 unspecified atom stereocenters. The van der Waals surface area contributed by atoms with E-state index in [2.05, 4.69) is 10.5 Å². The van der Waals surface area contributed by atoms with Crippen LogP contribution in [0.2, 0.25) is 0 Å². The highest BCUT2D eigenvalue weighted by Crippen LogP contribution is 2.25. The fourth-order valence-corrected chi connectivity index (χ4v) is 1.37. The van der Waals surface area contributed by atoms with E-state index in [1.807, 2.05) is 0 Å². The van der Waals surface area contributed by atoms with E-state index in [1.165, 1.54) is 18.2 Å². The van der Waals surface area contributed by atoms with E-state index in [0.29, 0.717) is 5.69 Å². The number of nitrogens with zero attached hydrogens (tertiary/aromatic N) is 1. The average molecular weight is 248 g/mol. The molecule has 3 N–H and O–H groups in total. The minimum Gasteiger partial charge on any atom is -0.504 e. The number of aromatic nitrogens is 1. The molecule has 1 heterocycles. The molecule has 0 aliphatic carbocycles. The van der Waals surface area contributed by atoms with Crippen LogP contribution in [0.25, 0.3) is 0 Å². The second-order valence-electron chi connectivity index (χ2n) is 3.88. The second-order valence-corrected chi connectivity index (χ2v) is 3.88. The number of nitrogens with one attached hydrogen (secondary N) is 1. The third-order valence-corrected chi connectivity index (χ3v) is 2.62. The zero-order valence-electron chi connectivity index (χ0n) is 9.89. The van der Waals surface area contributed by atoms with Crippen molar-refractivity contribution in [3.8, 4) is 11.5 Å². The Bertz CT molecular complexity index is 604. The number of hydrogen-bond acceptors (Lipinski definition) is 5. The molecule has 1 aromatic carbocycles. The van der Waals surface area contributed by atoms with Crippen molar-refractivity contribution in [1.29, 1.82) is 0 Å². The monoisotopic (exact) mass is 248 g/mol. The molecule has 2 aromatic rings. The van der Waals surface area contributed by atoms with Crippen molar-refractivity contribution >= 4 is 11.8 Å². The zero-order chi connectivity index (χ0) is 13.3. The largest absolute Gasteiger partial charge is 0.504 e. The van der Waals surface area contributed by atoms with Gasteiger partial charge in [0.1, 0.15) is 0 Å². The van der Waals surface area contributed by atoms with Gasteiger partial charge in [-0.3, -0.25) is 10.1 Å². The molecule has 0 saturated heterocycles. The summed E-state index contributed by atoms with van der Waals surface area (Å²) in [4.78, 5) is 11.8. The van der Waals surface area contributed by atoms with Crippen LogP contribution >= 0.6 is 0 Å². The highest BCUT2D eigenvalue weighted by atomic mass is 16.5. The van der Waals surface area contributed by atoms with Gasteiger partial charge < -0.3 is 14.7 Å². The number of hydrogen-bond donors (Lipinski definition) is 3. The third-order valence-electron chi connectivity index (χ3n) is 2.62. The first-order chi connectivity index (χ1) is 8.49. The van der Waals surface area contributed by atoms with E-state index < -0.39 is 5.91 Å². The van der Waals surface area contributed by atoms with Crippen LogP contribution in [0.1, 0.15) is 21.6 Å². The van der Waals surface area contributed by atoms with Crippen LogP contribution in [0.15, 0.2) is 22.7 Å². The number of phenols is 2. The van der Waals surface area contributed by atoms with E-state index in [9.17, 15) is 9.90 Å². The topological polar surface area (TPSA) is 95.6 Å².